The zero-order chi connectivity index (χ0) is 19.0. The average molecular weight is 379 g/mol. The highest BCUT2D eigenvalue weighted by atomic mass is 16.7. The van der Waals surface area contributed by atoms with Crippen molar-refractivity contribution in [3.05, 3.63) is 54.1 Å². The van der Waals surface area contributed by atoms with E-state index in [4.69, 9.17) is 18.6 Å². The fraction of sp³-hybridized carbons (Fsp3) is 0.391. The highest BCUT2D eigenvalue weighted by Crippen LogP contribution is 2.37. The predicted molar refractivity (Wildman–Crippen MR) is 107 cm³/mol. The number of methoxy groups -OCH3 is 1. The highest BCUT2D eigenvalue weighted by Gasteiger charge is 2.39. The summed E-state index contributed by atoms with van der Waals surface area (Å²) >= 11 is 0. The minimum Gasteiger partial charge on any atom is -0.493 e. The zero-order valence-electron chi connectivity index (χ0n) is 16.1. The largest absolute Gasteiger partial charge is 0.493 e. The van der Waals surface area contributed by atoms with E-state index < -0.39 is 0 Å². The van der Waals surface area contributed by atoms with E-state index in [0.717, 1.165) is 73.7 Å². The van der Waals surface area contributed by atoms with Crippen LogP contribution in [0.5, 0.6) is 5.75 Å². The Labute approximate surface area is 164 Å². The standard InChI is InChI=1S/C23H25NO4/c1-25-20-8-7-18(16-24-11-9-23(10-12-24)26-13-14-27-23)19-15-21(28-22(19)20)17-5-3-2-4-6-17/h2-8,15H,9-14,16H2,1H3. The number of hydrogen-bond donors (Lipinski definition) is 0. The van der Waals surface area contributed by atoms with Gasteiger partial charge >= 0.3 is 0 Å². The molecule has 5 heteroatoms. The van der Waals surface area contributed by atoms with Crippen molar-refractivity contribution in [1.29, 1.82) is 0 Å². The third-order valence-corrected chi connectivity index (χ3v) is 5.84. The lowest BCUT2D eigenvalue weighted by atomic mass is 10.0. The molecule has 2 aliphatic rings. The van der Waals surface area contributed by atoms with Crippen molar-refractivity contribution in [3.8, 4) is 17.1 Å². The van der Waals surface area contributed by atoms with Crippen LogP contribution in [0.4, 0.5) is 0 Å². The summed E-state index contributed by atoms with van der Waals surface area (Å²) in [5, 5.41) is 1.12. The van der Waals surface area contributed by atoms with E-state index in [1.807, 2.05) is 24.3 Å². The number of furan rings is 1. The Kier molecular flexibility index (Phi) is 4.59. The van der Waals surface area contributed by atoms with Gasteiger partial charge in [0.15, 0.2) is 17.1 Å². The number of hydrogen-bond acceptors (Lipinski definition) is 5. The molecule has 0 saturated carbocycles. The van der Waals surface area contributed by atoms with Crippen molar-refractivity contribution in [1.82, 2.24) is 4.90 Å². The molecule has 5 rings (SSSR count). The SMILES string of the molecule is COc1ccc(CN2CCC3(CC2)OCCO3)c2cc(-c3ccccc3)oc12. The van der Waals surface area contributed by atoms with E-state index in [0.29, 0.717) is 0 Å². The van der Waals surface area contributed by atoms with Crippen molar-refractivity contribution in [3.63, 3.8) is 0 Å². The number of piperidine rings is 1. The van der Waals surface area contributed by atoms with Gasteiger partial charge in [0.25, 0.3) is 0 Å². The maximum atomic E-state index is 6.20. The first-order valence-corrected chi connectivity index (χ1v) is 9.91. The van der Waals surface area contributed by atoms with Crippen LogP contribution in [0.25, 0.3) is 22.3 Å². The molecule has 0 N–H and O–H groups in total. The second-order valence-corrected chi connectivity index (χ2v) is 7.53. The van der Waals surface area contributed by atoms with Gasteiger partial charge in [0.1, 0.15) is 5.76 Å². The van der Waals surface area contributed by atoms with Gasteiger partial charge in [-0.15, -0.1) is 0 Å². The van der Waals surface area contributed by atoms with Gasteiger partial charge in [-0.2, -0.15) is 0 Å². The summed E-state index contributed by atoms with van der Waals surface area (Å²) in [4.78, 5) is 2.47. The van der Waals surface area contributed by atoms with Crippen molar-refractivity contribution < 1.29 is 18.6 Å². The summed E-state index contributed by atoms with van der Waals surface area (Å²) in [6, 6.07) is 16.5. The van der Waals surface area contributed by atoms with Gasteiger partial charge < -0.3 is 18.6 Å². The molecule has 3 aromatic rings. The molecular formula is C23H25NO4. The van der Waals surface area contributed by atoms with E-state index in [1.54, 1.807) is 7.11 Å². The number of likely N-dealkylation sites (tertiary alicyclic amines) is 1. The fourth-order valence-corrected chi connectivity index (χ4v) is 4.28. The molecule has 0 atom stereocenters. The molecule has 0 aliphatic carbocycles. The Morgan fingerprint density at radius 1 is 1.00 bits per heavy atom. The normalized spacial score (nSPS) is 19.5. The van der Waals surface area contributed by atoms with Crippen molar-refractivity contribution >= 4 is 11.0 Å². The zero-order valence-corrected chi connectivity index (χ0v) is 16.1. The molecule has 0 amide bonds. The van der Waals surface area contributed by atoms with E-state index in [-0.39, 0.29) is 5.79 Å². The first-order valence-electron chi connectivity index (χ1n) is 9.91. The summed E-state index contributed by atoms with van der Waals surface area (Å²) in [6.07, 6.45) is 1.85. The predicted octanol–water partition coefficient (Wildman–Crippen LogP) is 4.45. The van der Waals surface area contributed by atoms with Crippen molar-refractivity contribution in [2.24, 2.45) is 0 Å². The monoisotopic (exact) mass is 379 g/mol. The second kappa shape index (κ2) is 7.24. The number of fused-ring (bicyclic) bond motifs is 1. The molecule has 2 aromatic carbocycles. The second-order valence-electron chi connectivity index (χ2n) is 7.53. The first kappa shape index (κ1) is 17.7. The van der Waals surface area contributed by atoms with Gasteiger partial charge in [-0.3, -0.25) is 4.90 Å². The summed E-state index contributed by atoms with van der Waals surface area (Å²) in [5.41, 5.74) is 3.14. The van der Waals surface area contributed by atoms with Crippen molar-refractivity contribution in [2.75, 3.05) is 33.4 Å². The quantitative estimate of drug-likeness (QED) is 0.670. The lowest BCUT2D eigenvalue weighted by molar-refractivity contribution is -0.185. The Morgan fingerprint density at radius 3 is 2.46 bits per heavy atom. The molecule has 0 bridgehead atoms. The van der Waals surface area contributed by atoms with Gasteiger partial charge in [0.2, 0.25) is 0 Å². The third-order valence-electron chi connectivity index (χ3n) is 5.84. The van der Waals surface area contributed by atoms with Gasteiger partial charge in [0, 0.05) is 43.4 Å². The van der Waals surface area contributed by atoms with Crippen LogP contribution in [-0.4, -0.2) is 44.1 Å². The molecule has 2 aliphatic heterocycles. The van der Waals surface area contributed by atoms with Crippen LogP contribution in [0.3, 0.4) is 0 Å². The molecule has 0 radical (unpaired) electrons. The van der Waals surface area contributed by atoms with E-state index in [1.165, 1.54) is 5.56 Å². The molecule has 0 unspecified atom stereocenters. The molecule has 1 spiro atoms. The van der Waals surface area contributed by atoms with Crippen LogP contribution in [0.15, 0.2) is 52.9 Å². The number of ether oxygens (including phenoxy) is 3. The summed E-state index contributed by atoms with van der Waals surface area (Å²) in [6.45, 7) is 4.25. The first-order chi connectivity index (χ1) is 13.8. The van der Waals surface area contributed by atoms with Crippen LogP contribution in [0.1, 0.15) is 18.4 Å². The Morgan fingerprint density at radius 2 is 1.75 bits per heavy atom. The Hall–Kier alpha value is -2.34. The maximum absolute atomic E-state index is 6.20. The Balaban J connectivity index is 1.42. The number of benzene rings is 2. The third kappa shape index (κ3) is 3.20. The average Bonchev–Trinajstić information content (AvgIpc) is 3.39. The van der Waals surface area contributed by atoms with Gasteiger partial charge in [-0.25, -0.2) is 0 Å². The van der Waals surface area contributed by atoms with Crippen LogP contribution >= 0.6 is 0 Å². The van der Waals surface area contributed by atoms with Gasteiger partial charge in [-0.05, 0) is 17.7 Å². The lowest BCUT2D eigenvalue weighted by Crippen LogP contribution is -2.44. The maximum Gasteiger partial charge on any atom is 0.176 e. The smallest absolute Gasteiger partial charge is 0.176 e. The van der Waals surface area contributed by atoms with Gasteiger partial charge in [-0.1, -0.05) is 36.4 Å². The van der Waals surface area contributed by atoms with Crippen LogP contribution in [0, 0.1) is 0 Å². The van der Waals surface area contributed by atoms with Gasteiger partial charge in [0.05, 0.1) is 20.3 Å². The molecule has 5 nitrogen and oxygen atoms in total. The minimum absolute atomic E-state index is 0.331. The summed E-state index contributed by atoms with van der Waals surface area (Å²) < 4.78 is 23.4. The molecule has 146 valence electrons. The fourth-order valence-electron chi connectivity index (χ4n) is 4.28. The topological polar surface area (TPSA) is 44.1 Å². The van der Waals surface area contributed by atoms with E-state index in [9.17, 15) is 0 Å². The van der Waals surface area contributed by atoms with Crippen LogP contribution < -0.4 is 4.74 Å². The highest BCUT2D eigenvalue weighted by molar-refractivity contribution is 5.90. The molecular weight excluding hydrogens is 354 g/mol. The molecule has 2 fully saturated rings. The molecule has 3 heterocycles. The molecule has 28 heavy (non-hydrogen) atoms. The summed E-state index contributed by atoms with van der Waals surface area (Å²) in [7, 11) is 1.69. The molecule has 2 saturated heterocycles. The lowest BCUT2D eigenvalue weighted by Gasteiger charge is -2.37. The van der Waals surface area contributed by atoms with Crippen LogP contribution in [0.2, 0.25) is 0 Å². The van der Waals surface area contributed by atoms with Crippen molar-refractivity contribution in [2.45, 2.75) is 25.2 Å². The number of nitrogens with zero attached hydrogens (tertiary/aromatic N) is 1. The molecule has 1 aromatic heterocycles. The van der Waals surface area contributed by atoms with E-state index in [2.05, 4.69) is 29.2 Å². The minimum atomic E-state index is -0.331. The number of rotatable bonds is 4. The Bertz CT molecular complexity index is 949. The van der Waals surface area contributed by atoms with E-state index >= 15 is 0 Å². The summed E-state index contributed by atoms with van der Waals surface area (Å²) in [5.74, 6) is 1.31. The van der Waals surface area contributed by atoms with Crippen LogP contribution in [-0.2, 0) is 16.0 Å².